The van der Waals surface area contributed by atoms with Crippen LogP contribution in [0.5, 0.6) is 5.75 Å². The van der Waals surface area contributed by atoms with Gasteiger partial charge in [-0.2, -0.15) is 5.10 Å². The first-order chi connectivity index (χ1) is 11.2. The molecule has 2 heterocycles. The Kier molecular flexibility index (Phi) is 4.86. The molecular weight excluding hydrogens is 288 g/mol. The molecule has 1 unspecified atom stereocenters. The summed E-state index contributed by atoms with van der Waals surface area (Å²) in [5.41, 5.74) is 2.58. The highest BCUT2D eigenvalue weighted by molar-refractivity contribution is 5.49. The van der Waals surface area contributed by atoms with Crippen LogP contribution >= 0.6 is 0 Å². The average Bonchev–Trinajstić information content (AvgIpc) is 3.04. The second-order valence-corrected chi connectivity index (χ2v) is 6.17. The van der Waals surface area contributed by atoms with Crippen LogP contribution in [0.4, 0.5) is 5.69 Å². The van der Waals surface area contributed by atoms with Crippen molar-refractivity contribution >= 4 is 5.69 Å². The molecule has 1 atom stereocenters. The van der Waals surface area contributed by atoms with E-state index in [1.807, 2.05) is 23.0 Å². The fourth-order valence-electron chi connectivity index (χ4n) is 3.15. The van der Waals surface area contributed by atoms with Crippen molar-refractivity contribution < 1.29 is 4.74 Å². The van der Waals surface area contributed by atoms with Crippen molar-refractivity contribution in [3.63, 3.8) is 0 Å². The van der Waals surface area contributed by atoms with Crippen LogP contribution in [-0.4, -0.2) is 47.5 Å². The van der Waals surface area contributed by atoms with Gasteiger partial charge in [0.05, 0.1) is 13.3 Å². The van der Waals surface area contributed by atoms with Crippen molar-refractivity contribution in [3.05, 3.63) is 42.2 Å². The van der Waals surface area contributed by atoms with Crippen molar-refractivity contribution in [2.24, 2.45) is 0 Å². The first-order valence-electron chi connectivity index (χ1n) is 8.34. The summed E-state index contributed by atoms with van der Waals surface area (Å²) < 4.78 is 7.23. The van der Waals surface area contributed by atoms with E-state index >= 15 is 0 Å². The van der Waals surface area contributed by atoms with Gasteiger partial charge in [0.15, 0.2) is 0 Å². The number of piperazine rings is 1. The number of anilines is 1. The van der Waals surface area contributed by atoms with E-state index in [2.05, 4.69) is 47.1 Å². The second-order valence-electron chi connectivity index (χ2n) is 6.17. The van der Waals surface area contributed by atoms with Gasteiger partial charge in [0, 0.05) is 56.2 Å². The first kappa shape index (κ1) is 15.9. The zero-order valence-corrected chi connectivity index (χ0v) is 14.3. The molecule has 1 saturated heterocycles. The van der Waals surface area contributed by atoms with Crippen molar-refractivity contribution in [2.45, 2.75) is 33.0 Å². The molecule has 0 N–H and O–H groups in total. The smallest absolute Gasteiger partial charge is 0.119 e. The fourth-order valence-corrected chi connectivity index (χ4v) is 3.15. The number of ether oxygens (including phenoxy) is 1. The van der Waals surface area contributed by atoms with Gasteiger partial charge in [0.25, 0.3) is 0 Å². The molecule has 3 rings (SSSR count). The maximum atomic E-state index is 5.24. The minimum atomic E-state index is 0.524. The van der Waals surface area contributed by atoms with Crippen LogP contribution in [0, 0.1) is 0 Å². The Morgan fingerprint density at radius 3 is 2.61 bits per heavy atom. The van der Waals surface area contributed by atoms with Crippen molar-refractivity contribution in [1.82, 2.24) is 14.7 Å². The summed E-state index contributed by atoms with van der Waals surface area (Å²) in [6.07, 6.45) is 4.15. The van der Waals surface area contributed by atoms with Gasteiger partial charge in [-0.3, -0.25) is 9.58 Å². The lowest BCUT2D eigenvalue weighted by molar-refractivity contribution is 0.181. The molecule has 1 fully saturated rings. The molecule has 0 radical (unpaired) electrons. The van der Waals surface area contributed by atoms with Crippen molar-refractivity contribution in [2.75, 3.05) is 31.6 Å². The first-order valence-corrected chi connectivity index (χ1v) is 8.34. The lowest BCUT2D eigenvalue weighted by atomic mass is 10.1. The number of rotatable bonds is 5. The molecule has 0 spiro atoms. The van der Waals surface area contributed by atoms with Gasteiger partial charge in [0.1, 0.15) is 5.75 Å². The van der Waals surface area contributed by atoms with Crippen LogP contribution in [0.2, 0.25) is 0 Å². The quantitative estimate of drug-likeness (QED) is 0.849. The predicted octanol–water partition coefficient (Wildman–Crippen LogP) is 2.62. The maximum Gasteiger partial charge on any atom is 0.119 e. The van der Waals surface area contributed by atoms with E-state index in [-0.39, 0.29) is 0 Å². The van der Waals surface area contributed by atoms with Gasteiger partial charge in [0.2, 0.25) is 0 Å². The molecule has 5 heteroatoms. The molecule has 1 aromatic carbocycles. The highest BCUT2D eigenvalue weighted by atomic mass is 16.5. The summed E-state index contributed by atoms with van der Waals surface area (Å²) in [4.78, 5) is 4.99. The molecule has 23 heavy (non-hydrogen) atoms. The van der Waals surface area contributed by atoms with E-state index < -0.39 is 0 Å². The molecule has 124 valence electrons. The van der Waals surface area contributed by atoms with Crippen LogP contribution in [0.15, 0.2) is 36.7 Å². The Labute approximate surface area is 138 Å². The second kappa shape index (κ2) is 7.04. The van der Waals surface area contributed by atoms with E-state index in [4.69, 9.17) is 4.74 Å². The number of hydrogen-bond donors (Lipinski definition) is 0. The minimum Gasteiger partial charge on any atom is -0.497 e. The number of hydrogen-bond acceptors (Lipinski definition) is 4. The molecule has 1 aromatic heterocycles. The maximum absolute atomic E-state index is 5.24. The van der Waals surface area contributed by atoms with E-state index in [0.717, 1.165) is 38.5 Å². The molecule has 0 bridgehead atoms. The third kappa shape index (κ3) is 3.67. The Morgan fingerprint density at radius 2 is 2.00 bits per heavy atom. The van der Waals surface area contributed by atoms with Gasteiger partial charge in [-0.25, -0.2) is 0 Å². The number of methoxy groups -OCH3 is 1. The zero-order chi connectivity index (χ0) is 16.2. The van der Waals surface area contributed by atoms with E-state index in [1.54, 1.807) is 7.11 Å². The van der Waals surface area contributed by atoms with Crippen LogP contribution < -0.4 is 9.64 Å². The van der Waals surface area contributed by atoms with Gasteiger partial charge < -0.3 is 9.64 Å². The molecule has 1 aliphatic heterocycles. The van der Waals surface area contributed by atoms with Crippen LogP contribution in [-0.2, 0) is 13.1 Å². The largest absolute Gasteiger partial charge is 0.497 e. The lowest BCUT2D eigenvalue weighted by Crippen LogP contribution is -2.51. The lowest BCUT2D eigenvalue weighted by Gasteiger charge is -2.41. The number of aryl methyl sites for hydroxylation is 1. The van der Waals surface area contributed by atoms with E-state index in [1.165, 1.54) is 11.3 Å². The zero-order valence-electron chi connectivity index (χ0n) is 14.3. The van der Waals surface area contributed by atoms with Gasteiger partial charge in [-0.15, -0.1) is 0 Å². The SMILES string of the molecule is CCn1cc(CN2CCN(c3ccc(OC)cc3)CC2C)cn1. The fraction of sp³-hybridized carbons (Fsp3) is 0.500. The molecule has 5 nitrogen and oxygen atoms in total. The topological polar surface area (TPSA) is 33.5 Å². The molecule has 2 aromatic rings. The van der Waals surface area contributed by atoms with Gasteiger partial charge >= 0.3 is 0 Å². The third-order valence-corrected chi connectivity index (χ3v) is 4.60. The Hall–Kier alpha value is -2.01. The van der Waals surface area contributed by atoms with Gasteiger partial charge in [-0.05, 0) is 38.1 Å². The Morgan fingerprint density at radius 1 is 1.22 bits per heavy atom. The number of nitrogens with zero attached hydrogens (tertiary/aromatic N) is 4. The van der Waals surface area contributed by atoms with Crippen molar-refractivity contribution in [1.29, 1.82) is 0 Å². The predicted molar refractivity (Wildman–Crippen MR) is 93.0 cm³/mol. The summed E-state index contributed by atoms with van der Waals surface area (Å²) in [7, 11) is 1.70. The molecule has 0 amide bonds. The van der Waals surface area contributed by atoms with Crippen LogP contribution in [0.25, 0.3) is 0 Å². The Bertz CT molecular complexity index is 622. The highest BCUT2D eigenvalue weighted by Crippen LogP contribution is 2.23. The van der Waals surface area contributed by atoms with Crippen LogP contribution in [0.3, 0.4) is 0 Å². The van der Waals surface area contributed by atoms with Crippen LogP contribution in [0.1, 0.15) is 19.4 Å². The molecule has 0 saturated carbocycles. The monoisotopic (exact) mass is 314 g/mol. The normalized spacial score (nSPS) is 19.1. The summed E-state index contributed by atoms with van der Waals surface area (Å²) >= 11 is 0. The highest BCUT2D eigenvalue weighted by Gasteiger charge is 2.24. The Balaban J connectivity index is 1.60. The third-order valence-electron chi connectivity index (χ3n) is 4.60. The molecule has 1 aliphatic rings. The summed E-state index contributed by atoms with van der Waals surface area (Å²) in [5.74, 6) is 0.911. The number of aromatic nitrogens is 2. The van der Waals surface area contributed by atoms with Gasteiger partial charge in [-0.1, -0.05) is 0 Å². The van der Waals surface area contributed by atoms with E-state index in [9.17, 15) is 0 Å². The summed E-state index contributed by atoms with van der Waals surface area (Å²) in [6.45, 7) is 9.52. The van der Waals surface area contributed by atoms with E-state index in [0.29, 0.717) is 6.04 Å². The number of benzene rings is 1. The summed E-state index contributed by atoms with van der Waals surface area (Å²) in [6, 6.07) is 8.88. The minimum absolute atomic E-state index is 0.524. The van der Waals surface area contributed by atoms with Crippen molar-refractivity contribution in [3.8, 4) is 5.75 Å². The standard InChI is InChI=1S/C18H26N4O/c1-4-22-14-16(11-19-22)13-20-9-10-21(12-15(20)2)17-5-7-18(23-3)8-6-17/h5-8,11,14-15H,4,9-10,12-13H2,1-3H3. The average molecular weight is 314 g/mol. The molecule has 0 aliphatic carbocycles. The summed E-state index contributed by atoms with van der Waals surface area (Å²) in [5, 5.41) is 4.37. The molecular formula is C18H26N4O.